The fraction of sp³-hybridized carbons (Fsp3) is 0.526. The van der Waals surface area contributed by atoms with E-state index >= 15 is 0 Å². The molecule has 0 bridgehead atoms. The molecule has 1 aliphatic rings. The Morgan fingerprint density at radius 3 is 2.83 bits per heavy atom. The average Bonchev–Trinajstić information content (AvgIpc) is 3.19. The first-order valence-electron chi connectivity index (χ1n) is 8.58. The van der Waals surface area contributed by atoms with E-state index < -0.39 is 0 Å². The highest BCUT2D eigenvalue weighted by Gasteiger charge is 2.26. The molecule has 1 aromatic heterocycles. The van der Waals surface area contributed by atoms with Crippen LogP contribution in [-0.4, -0.2) is 36.5 Å². The number of fused-ring (bicyclic) bond motifs is 1. The van der Waals surface area contributed by atoms with Crippen molar-refractivity contribution in [1.82, 2.24) is 10.2 Å². The van der Waals surface area contributed by atoms with Gasteiger partial charge in [0.15, 0.2) is 0 Å². The van der Waals surface area contributed by atoms with Crippen LogP contribution >= 0.6 is 12.4 Å². The van der Waals surface area contributed by atoms with Crippen LogP contribution in [0.2, 0.25) is 0 Å². The Hall–Kier alpha value is -1.52. The summed E-state index contributed by atoms with van der Waals surface area (Å²) in [4.78, 5) is 14.9. The number of benzene rings is 1. The number of hydrogen-bond donors (Lipinski definition) is 1. The van der Waals surface area contributed by atoms with Crippen molar-refractivity contribution in [3.8, 4) is 0 Å². The van der Waals surface area contributed by atoms with Crippen LogP contribution in [0.25, 0.3) is 11.0 Å². The first-order chi connectivity index (χ1) is 11.1. The standard InChI is InChI=1S/C19H26N2O2.ClH/c1-4-9-21(16-7-8-20-11-16)18(22)10-15-12-23-19-14(3)13(2)5-6-17(15)19;/h5-6,12,16,20H,4,7-11H2,1-3H3;1H. The summed E-state index contributed by atoms with van der Waals surface area (Å²) in [6, 6.07) is 4.52. The number of carbonyl (C=O) groups excluding carboxylic acids is 1. The molecule has 0 saturated carbocycles. The molecule has 0 spiro atoms. The van der Waals surface area contributed by atoms with Crippen LogP contribution in [0, 0.1) is 13.8 Å². The van der Waals surface area contributed by atoms with Crippen molar-refractivity contribution < 1.29 is 9.21 Å². The van der Waals surface area contributed by atoms with Gasteiger partial charge in [0, 0.05) is 30.1 Å². The van der Waals surface area contributed by atoms with Gasteiger partial charge in [0.25, 0.3) is 0 Å². The number of amides is 1. The third-order valence-corrected chi connectivity index (χ3v) is 4.94. The lowest BCUT2D eigenvalue weighted by atomic mass is 10.0. The second-order valence-corrected chi connectivity index (χ2v) is 6.56. The van der Waals surface area contributed by atoms with E-state index in [2.05, 4.69) is 43.1 Å². The summed E-state index contributed by atoms with van der Waals surface area (Å²) >= 11 is 0. The highest BCUT2D eigenvalue weighted by atomic mass is 35.5. The zero-order chi connectivity index (χ0) is 16.4. The van der Waals surface area contributed by atoms with Crippen molar-refractivity contribution in [2.24, 2.45) is 0 Å². The van der Waals surface area contributed by atoms with Crippen molar-refractivity contribution in [2.45, 2.75) is 46.1 Å². The molecule has 2 heterocycles. The molecule has 1 N–H and O–H groups in total. The summed E-state index contributed by atoms with van der Waals surface area (Å²) in [5.41, 5.74) is 4.29. The number of furan rings is 1. The third-order valence-electron chi connectivity index (χ3n) is 4.94. The maximum atomic E-state index is 12.8. The minimum atomic E-state index is 0. The van der Waals surface area contributed by atoms with Crippen LogP contribution in [-0.2, 0) is 11.2 Å². The summed E-state index contributed by atoms with van der Waals surface area (Å²) in [7, 11) is 0. The summed E-state index contributed by atoms with van der Waals surface area (Å²) < 4.78 is 5.74. The van der Waals surface area contributed by atoms with E-state index in [1.807, 2.05) is 0 Å². The van der Waals surface area contributed by atoms with Gasteiger partial charge >= 0.3 is 0 Å². The molecule has 1 unspecified atom stereocenters. The zero-order valence-electron chi connectivity index (χ0n) is 14.7. The topological polar surface area (TPSA) is 45.5 Å². The molecule has 1 atom stereocenters. The Morgan fingerprint density at radius 2 is 2.17 bits per heavy atom. The molecule has 1 aliphatic heterocycles. The molecule has 3 rings (SSSR count). The van der Waals surface area contributed by atoms with Gasteiger partial charge in [-0.15, -0.1) is 12.4 Å². The fourth-order valence-electron chi connectivity index (χ4n) is 3.45. The number of aryl methyl sites for hydroxylation is 2. The SMILES string of the molecule is CCCN(C(=O)Cc1coc2c(C)c(C)ccc12)C1CCNC1.Cl. The van der Waals surface area contributed by atoms with Crippen LogP contribution in [0.3, 0.4) is 0 Å². The van der Waals surface area contributed by atoms with Gasteiger partial charge in [0.1, 0.15) is 5.58 Å². The predicted octanol–water partition coefficient (Wildman–Crippen LogP) is 3.61. The van der Waals surface area contributed by atoms with Gasteiger partial charge in [-0.25, -0.2) is 0 Å². The molecule has 24 heavy (non-hydrogen) atoms. The van der Waals surface area contributed by atoms with E-state index in [0.29, 0.717) is 12.5 Å². The molecule has 0 aliphatic carbocycles. The molecule has 4 nitrogen and oxygen atoms in total. The normalized spacial score (nSPS) is 17.0. The van der Waals surface area contributed by atoms with Crippen LogP contribution < -0.4 is 5.32 Å². The highest BCUT2D eigenvalue weighted by Crippen LogP contribution is 2.27. The molecule has 1 fully saturated rings. The first kappa shape index (κ1) is 18.8. The summed E-state index contributed by atoms with van der Waals surface area (Å²) in [6.07, 6.45) is 4.22. The smallest absolute Gasteiger partial charge is 0.227 e. The van der Waals surface area contributed by atoms with Gasteiger partial charge < -0.3 is 14.6 Å². The molecule has 132 valence electrons. The Kier molecular flexibility index (Phi) is 6.30. The van der Waals surface area contributed by atoms with Gasteiger partial charge in [-0.2, -0.15) is 0 Å². The minimum absolute atomic E-state index is 0. The summed E-state index contributed by atoms with van der Waals surface area (Å²) in [5.74, 6) is 0.210. The van der Waals surface area contributed by atoms with Crippen LogP contribution in [0.1, 0.15) is 36.5 Å². The molecule has 0 radical (unpaired) electrons. The molecule has 5 heteroatoms. The summed E-state index contributed by atoms with van der Waals surface area (Å²) in [5, 5.41) is 4.43. The molecule has 1 saturated heterocycles. The molecule has 1 aromatic carbocycles. The van der Waals surface area contributed by atoms with E-state index in [4.69, 9.17) is 4.42 Å². The van der Waals surface area contributed by atoms with Crippen molar-refractivity contribution in [3.05, 3.63) is 35.1 Å². The van der Waals surface area contributed by atoms with Crippen molar-refractivity contribution >= 4 is 29.3 Å². The maximum absolute atomic E-state index is 12.8. The first-order valence-corrected chi connectivity index (χ1v) is 8.58. The van der Waals surface area contributed by atoms with Gasteiger partial charge in [0.2, 0.25) is 5.91 Å². The average molecular weight is 351 g/mol. The van der Waals surface area contributed by atoms with E-state index in [1.54, 1.807) is 6.26 Å². The number of halogens is 1. The number of hydrogen-bond acceptors (Lipinski definition) is 3. The van der Waals surface area contributed by atoms with Crippen molar-refractivity contribution in [3.63, 3.8) is 0 Å². The van der Waals surface area contributed by atoms with E-state index in [-0.39, 0.29) is 18.3 Å². The van der Waals surface area contributed by atoms with Gasteiger partial charge in [-0.3, -0.25) is 4.79 Å². The van der Waals surface area contributed by atoms with Gasteiger partial charge in [0.05, 0.1) is 12.7 Å². The van der Waals surface area contributed by atoms with Gasteiger partial charge in [-0.05, 0) is 44.4 Å². The molecule has 2 aromatic rings. The maximum Gasteiger partial charge on any atom is 0.227 e. The Morgan fingerprint density at radius 1 is 1.38 bits per heavy atom. The van der Waals surface area contributed by atoms with Crippen molar-refractivity contribution in [1.29, 1.82) is 0 Å². The summed E-state index contributed by atoms with van der Waals surface area (Å²) in [6.45, 7) is 9.03. The Labute approximate surface area is 150 Å². The zero-order valence-corrected chi connectivity index (χ0v) is 15.5. The van der Waals surface area contributed by atoms with E-state index in [0.717, 1.165) is 54.6 Å². The number of rotatable bonds is 5. The molecular formula is C19H27ClN2O2. The quantitative estimate of drug-likeness (QED) is 0.895. The Balaban J connectivity index is 0.00000208. The van der Waals surface area contributed by atoms with Crippen LogP contribution in [0.15, 0.2) is 22.8 Å². The molecular weight excluding hydrogens is 324 g/mol. The fourth-order valence-corrected chi connectivity index (χ4v) is 3.45. The molecule has 1 amide bonds. The number of carbonyl (C=O) groups is 1. The highest BCUT2D eigenvalue weighted by molar-refractivity contribution is 5.89. The van der Waals surface area contributed by atoms with E-state index in [9.17, 15) is 4.79 Å². The number of nitrogens with one attached hydrogen (secondary N) is 1. The second kappa shape index (κ2) is 8.04. The van der Waals surface area contributed by atoms with Gasteiger partial charge in [-0.1, -0.05) is 19.1 Å². The number of nitrogens with zero attached hydrogens (tertiary/aromatic N) is 1. The monoisotopic (exact) mass is 350 g/mol. The lowest BCUT2D eigenvalue weighted by Crippen LogP contribution is -2.42. The van der Waals surface area contributed by atoms with E-state index in [1.165, 1.54) is 5.56 Å². The minimum Gasteiger partial charge on any atom is -0.464 e. The van der Waals surface area contributed by atoms with Crippen molar-refractivity contribution in [2.75, 3.05) is 19.6 Å². The Bertz CT molecular complexity index is 705. The largest absolute Gasteiger partial charge is 0.464 e. The lowest BCUT2D eigenvalue weighted by Gasteiger charge is -2.28. The predicted molar refractivity (Wildman–Crippen MR) is 99.9 cm³/mol. The second-order valence-electron chi connectivity index (χ2n) is 6.56. The van der Waals surface area contributed by atoms with Crippen LogP contribution in [0.4, 0.5) is 0 Å². The third kappa shape index (κ3) is 3.60. The lowest BCUT2D eigenvalue weighted by molar-refractivity contribution is -0.132. The van der Waals surface area contributed by atoms with Crippen LogP contribution in [0.5, 0.6) is 0 Å².